The number of likely N-dealkylation sites (tertiary alicyclic amines) is 1. The van der Waals surface area contributed by atoms with E-state index in [1.165, 1.54) is 0 Å². The Morgan fingerprint density at radius 2 is 2.04 bits per heavy atom. The summed E-state index contributed by atoms with van der Waals surface area (Å²) in [5, 5.41) is 19.2. The molecule has 120 valence electrons. The lowest BCUT2D eigenvalue weighted by Crippen LogP contribution is -2.39. The molecule has 1 saturated heterocycles. The quantitative estimate of drug-likeness (QED) is 0.835. The number of carboxylic acid groups (broad SMARTS) is 2. The van der Waals surface area contributed by atoms with Crippen LogP contribution in [-0.2, 0) is 4.79 Å². The summed E-state index contributed by atoms with van der Waals surface area (Å²) in [4.78, 5) is 27.4. The van der Waals surface area contributed by atoms with Gasteiger partial charge in [0.05, 0.1) is 12.1 Å². The van der Waals surface area contributed by atoms with Crippen LogP contribution in [0.1, 0.15) is 6.42 Å². The molecule has 23 heavy (non-hydrogen) atoms. The number of aliphatic carboxylic acids is 1. The number of amides is 1. The van der Waals surface area contributed by atoms with Crippen LogP contribution in [0.25, 0.3) is 10.9 Å². The zero-order valence-corrected chi connectivity index (χ0v) is 12.6. The zero-order chi connectivity index (χ0) is 16.6. The Kier molecular flexibility index (Phi) is 3.96. The number of fused-ring (bicyclic) bond motifs is 1. The third-order valence-electron chi connectivity index (χ3n) is 3.73. The molecule has 2 N–H and O–H groups in total. The van der Waals surface area contributed by atoms with Gasteiger partial charge in [-0.1, -0.05) is 29.8 Å². The SMILES string of the molecule is O=C(O)[C@@H]1C[C@@H](Oc2cc3ccccc3nc2Cl)CN1C(=O)O. The third-order valence-corrected chi connectivity index (χ3v) is 4.00. The van der Waals surface area contributed by atoms with Crippen LogP contribution in [0.2, 0.25) is 5.15 Å². The van der Waals surface area contributed by atoms with Crippen molar-refractivity contribution in [1.82, 2.24) is 9.88 Å². The number of pyridine rings is 1. The van der Waals surface area contributed by atoms with Gasteiger partial charge in [0.2, 0.25) is 0 Å². The van der Waals surface area contributed by atoms with Crippen LogP contribution in [0.15, 0.2) is 30.3 Å². The maximum atomic E-state index is 11.2. The van der Waals surface area contributed by atoms with Crippen molar-refractivity contribution in [3.8, 4) is 5.75 Å². The van der Waals surface area contributed by atoms with Gasteiger partial charge in [-0.05, 0) is 12.1 Å². The summed E-state index contributed by atoms with van der Waals surface area (Å²) in [5.41, 5.74) is 0.715. The van der Waals surface area contributed by atoms with Crippen molar-refractivity contribution in [2.24, 2.45) is 0 Å². The van der Waals surface area contributed by atoms with E-state index >= 15 is 0 Å². The Morgan fingerprint density at radius 3 is 2.70 bits per heavy atom. The van der Waals surface area contributed by atoms with Crippen molar-refractivity contribution in [2.45, 2.75) is 18.6 Å². The first-order valence-corrected chi connectivity index (χ1v) is 7.28. The van der Waals surface area contributed by atoms with Gasteiger partial charge in [0.1, 0.15) is 12.1 Å². The molecule has 2 heterocycles. The van der Waals surface area contributed by atoms with Gasteiger partial charge in [-0.2, -0.15) is 0 Å². The van der Waals surface area contributed by atoms with Gasteiger partial charge < -0.3 is 14.9 Å². The van der Waals surface area contributed by atoms with Crippen molar-refractivity contribution in [3.05, 3.63) is 35.5 Å². The average molecular weight is 337 g/mol. The highest BCUT2D eigenvalue weighted by molar-refractivity contribution is 6.31. The van der Waals surface area contributed by atoms with Gasteiger partial charge >= 0.3 is 12.1 Å². The molecule has 8 heteroatoms. The topological polar surface area (TPSA) is 100.0 Å². The minimum atomic E-state index is -1.29. The Morgan fingerprint density at radius 1 is 1.30 bits per heavy atom. The van der Waals surface area contributed by atoms with Crippen LogP contribution in [0.3, 0.4) is 0 Å². The Hall–Kier alpha value is -2.54. The molecule has 0 spiro atoms. The summed E-state index contributed by atoms with van der Waals surface area (Å²) in [6, 6.07) is 7.94. The van der Waals surface area contributed by atoms with E-state index in [2.05, 4.69) is 4.98 Å². The first kappa shape index (κ1) is 15.4. The highest BCUT2D eigenvalue weighted by atomic mass is 35.5. The maximum absolute atomic E-state index is 11.2. The van der Waals surface area contributed by atoms with Crippen LogP contribution in [0, 0.1) is 0 Å². The van der Waals surface area contributed by atoms with Gasteiger partial charge in [0, 0.05) is 11.8 Å². The number of benzene rings is 1. The molecule has 3 rings (SSSR count). The molecule has 1 aromatic carbocycles. The molecular formula is C15H13ClN2O5. The number of halogens is 1. The molecule has 1 aromatic heterocycles. The smallest absolute Gasteiger partial charge is 0.408 e. The molecule has 1 aliphatic rings. The molecule has 0 aliphatic carbocycles. The van der Waals surface area contributed by atoms with E-state index < -0.39 is 24.2 Å². The van der Waals surface area contributed by atoms with Crippen LogP contribution in [0.5, 0.6) is 5.75 Å². The van der Waals surface area contributed by atoms with E-state index in [0.717, 1.165) is 10.3 Å². The van der Waals surface area contributed by atoms with Gasteiger partial charge in [-0.25, -0.2) is 14.6 Å². The number of ether oxygens (including phenoxy) is 1. The normalized spacial score (nSPS) is 20.7. The molecule has 2 atom stereocenters. The molecule has 1 amide bonds. The maximum Gasteiger partial charge on any atom is 0.408 e. The predicted octanol–water partition coefficient (Wildman–Crippen LogP) is 2.47. The second-order valence-electron chi connectivity index (χ2n) is 5.23. The van der Waals surface area contributed by atoms with E-state index in [1.807, 2.05) is 24.3 Å². The summed E-state index contributed by atoms with van der Waals surface area (Å²) < 4.78 is 5.71. The van der Waals surface area contributed by atoms with Gasteiger partial charge in [-0.15, -0.1) is 0 Å². The third kappa shape index (κ3) is 3.00. The number of carbonyl (C=O) groups is 2. The summed E-state index contributed by atoms with van der Waals surface area (Å²) >= 11 is 6.10. The van der Waals surface area contributed by atoms with Crippen LogP contribution < -0.4 is 4.74 Å². The Bertz CT molecular complexity index is 760. The number of rotatable bonds is 3. The minimum absolute atomic E-state index is 0.0323. The van der Waals surface area contributed by atoms with Crippen molar-refractivity contribution < 1.29 is 24.5 Å². The summed E-state index contributed by atoms with van der Waals surface area (Å²) in [6.45, 7) is -0.0323. The Balaban J connectivity index is 1.83. The predicted molar refractivity (Wildman–Crippen MR) is 81.9 cm³/mol. The fourth-order valence-electron chi connectivity index (χ4n) is 2.66. The van der Waals surface area contributed by atoms with Crippen LogP contribution >= 0.6 is 11.6 Å². The van der Waals surface area contributed by atoms with Gasteiger partial charge in [0.25, 0.3) is 0 Å². The number of aromatic nitrogens is 1. The number of hydrogen-bond donors (Lipinski definition) is 2. The molecule has 0 unspecified atom stereocenters. The molecule has 2 aromatic rings. The summed E-state index contributed by atoms with van der Waals surface area (Å²) in [6.07, 6.45) is -1.82. The van der Waals surface area contributed by atoms with Gasteiger partial charge in [0.15, 0.2) is 10.9 Å². The molecule has 0 radical (unpaired) electrons. The minimum Gasteiger partial charge on any atom is -0.485 e. The van der Waals surface area contributed by atoms with E-state index in [1.54, 1.807) is 6.07 Å². The lowest BCUT2D eigenvalue weighted by molar-refractivity contribution is -0.141. The molecular weight excluding hydrogens is 324 g/mol. The van der Waals surface area contributed by atoms with Crippen molar-refractivity contribution in [2.75, 3.05) is 6.54 Å². The second kappa shape index (κ2) is 5.92. The number of para-hydroxylation sites is 1. The summed E-state index contributed by atoms with van der Waals surface area (Å²) in [5.74, 6) is -0.882. The van der Waals surface area contributed by atoms with E-state index in [0.29, 0.717) is 11.3 Å². The van der Waals surface area contributed by atoms with Crippen molar-refractivity contribution >= 4 is 34.6 Å². The van der Waals surface area contributed by atoms with Gasteiger partial charge in [-0.3, -0.25) is 4.90 Å². The van der Waals surface area contributed by atoms with Crippen molar-refractivity contribution in [1.29, 1.82) is 0 Å². The number of nitrogens with zero attached hydrogens (tertiary/aromatic N) is 2. The average Bonchev–Trinajstić information content (AvgIpc) is 2.92. The molecule has 7 nitrogen and oxygen atoms in total. The van der Waals surface area contributed by atoms with E-state index in [-0.39, 0.29) is 18.1 Å². The fraction of sp³-hybridized carbons (Fsp3) is 0.267. The van der Waals surface area contributed by atoms with E-state index in [4.69, 9.17) is 26.6 Å². The monoisotopic (exact) mass is 336 g/mol. The molecule has 1 fully saturated rings. The largest absolute Gasteiger partial charge is 0.485 e. The number of hydrogen-bond acceptors (Lipinski definition) is 4. The first-order valence-electron chi connectivity index (χ1n) is 6.90. The Labute approximate surface area is 136 Å². The first-order chi connectivity index (χ1) is 11.0. The highest BCUT2D eigenvalue weighted by Gasteiger charge is 2.41. The highest BCUT2D eigenvalue weighted by Crippen LogP contribution is 2.30. The lowest BCUT2D eigenvalue weighted by atomic mass is 10.2. The van der Waals surface area contributed by atoms with Crippen LogP contribution in [0.4, 0.5) is 4.79 Å². The molecule has 0 saturated carbocycles. The zero-order valence-electron chi connectivity index (χ0n) is 11.8. The second-order valence-corrected chi connectivity index (χ2v) is 5.59. The number of carboxylic acids is 1. The summed E-state index contributed by atoms with van der Waals surface area (Å²) in [7, 11) is 0. The van der Waals surface area contributed by atoms with E-state index in [9.17, 15) is 9.59 Å². The van der Waals surface area contributed by atoms with Crippen LogP contribution in [-0.4, -0.2) is 50.9 Å². The van der Waals surface area contributed by atoms with Crippen molar-refractivity contribution in [3.63, 3.8) is 0 Å². The fourth-order valence-corrected chi connectivity index (χ4v) is 2.85. The standard InChI is InChI=1S/C15H13ClN2O5/c16-13-12(5-8-3-1-2-4-10(8)17-13)23-9-6-11(14(19)20)18(7-9)15(21)22/h1-5,9,11H,6-7H2,(H,19,20)(H,21,22)/t9-,11+/m1/s1. The molecule has 0 bridgehead atoms. The molecule has 1 aliphatic heterocycles. The lowest BCUT2D eigenvalue weighted by Gasteiger charge is -2.17.